The summed E-state index contributed by atoms with van der Waals surface area (Å²) in [6, 6.07) is 14.3. The SMILES string of the molecule is COc1cccc([C@@H]2C[C@H](F)C[C@H](c3ccc(O)cc3)O2)c1. The summed E-state index contributed by atoms with van der Waals surface area (Å²) in [7, 11) is 1.61. The van der Waals surface area contributed by atoms with E-state index < -0.39 is 6.17 Å². The van der Waals surface area contributed by atoms with Crippen molar-refractivity contribution in [2.75, 3.05) is 7.11 Å². The fourth-order valence-corrected chi connectivity index (χ4v) is 2.83. The molecular formula is C18H19FO3. The second-order valence-corrected chi connectivity index (χ2v) is 5.55. The van der Waals surface area contributed by atoms with Gasteiger partial charge in [0.15, 0.2) is 0 Å². The number of phenolic OH excluding ortho intramolecular Hbond substituents is 1. The van der Waals surface area contributed by atoms with Gasteiger partial charge < -0.3 is 14.6 Å². The van der Waals surface area contributed by atoms with Crippen LogP contribution in [0.1, 0.15) is 36.2 Å². The maximum atomic E-state index is 14.2. The Hall–Kier alpha value is -2.07. The molecule has 0 amide bonds. The molecule has 22 heavy (non-hydrogen) atoms. The third-order valence-electron chi connectivity index (χ3n) is 4.00. The molecule has 116 valence electrons. The van der Waals surface area contributed by atoms with E-state index in [1.54, 1.807) is 31.4 Å². The van der Waals surface area contributed by atoms with Crippen molar-refractivity contribution in [2.45, 2.75) is 31.2 Å². The monoisotopic (exact) mass is 302 g/mol. The first-order valence-electron chi connectivity index (χ1n) is 7.38. The number of aromatic hydroxyl groups is 1. The highest BCUT2D eigenvalue weighted by molar-refractivity contribution is 5.31. The Balaban J connectivity index is 1.82. The maximum Gasteiger partial charge on any atom is 0.119 e. The van der Waals surface area contributed by atoms with E-state index in [0.717, 1.165) is 16.9 Å². The lowest BCUT2D eigenvalue weighted by Gasteiger charge is -2.33. The normalized spacial score (nSPS) is 24.9. The average Bonchev–Trinajstić information content (AvgIpc) is 2.55. The van der Waals surface area contributed by atoms with E-state index in [0.29, 0.717) is 12.8 Å². The van der Waals surface area contributed by atoms with Crippen LogP contribution in [0.4, 0.5) is 4.39 Å². The van der Waals surface area contributed by atoms with Gasteiger partial charge in [0, 0.05) is 12.8 Å². The van der Waals surface area contributed by atoms with Gasteiger partial charge in [-0.25, -0.2) is 4.39 Å². The summed E-state index contributed by atoms with van der Waals surface area (Å²) in [4.78, 5) is 0. The van der Waals surface area contributed by atoms with Crippen LogP contribution < -0.4 is 4.74 Å². The lowest BCUT2D eigenvalue weighted by Crippen LogP contribution is -2.24. The highest BCUT2D eigenvalue weighted by atomic mass is 19.1. The number of hydrogen-bond donors (Lipinski definition) is 1. The van der Waals surface area contributed by atoms with Gasteiger partial charge in [0.05, 0.1) is 19.3 Å². The second kappa shape index (κ2) is 6.36. The Morgan fingerprint density at radius 3 is 2.41 bits per heavy atom. The van der Waals surface area contributed by atoms with Crippen molar-refractivity contribution in [1.82, 2.24) is 0 Å². The minimum Gasteiger partial charge on any atom is -0.508 e. The predicted octanol–water partition coefficient (Wildman–Crippen LogP) is 4.33. The number of alkyl halides is 1. The first-order valence-corrected chi connectivity index (χ1v) is 7.38. The van der Waals surface area contributed by atoms with Gasteiger partial charge in [-0.05, 0) is 35.4 Å². The summed E-state index contributed by atoms with van der Waals surface area (Å²) >= 11 is 0. The molecule has 2 aromatic carbocycles. The van der Waals surface area contributed by atoms with Crippen LogP contribution in [-0.2, 0) is 4.74 Å². The number of halogens is 1. The molecule has 1 fully saturated rings. The maximum absolute atomic E-state index is 14.2. The number of methoxy groups -OCH3 is 1. The smallest absolute Gasteiger partial charge is 0.119 e. The summed E-state index contributed by atoms with van der Waals surface area (Å²) < 4.78 is 25.5. The lowest BCUT2D eigenvalue weighted by molar-refractivity contribution is -0.0812. The van der Waals surface area contributed by atoms with Crippen LogP contribution in [0.2, 0.25) is 0 Å². The largest absolute Gasteiger partial charge is 0.508 e. The van der Waals surface area contributed by atoms with Crippen molar-refractivity contribution in [3.05, 3.63) is 59.7 Å². The van der Waals surface area contributed by atoms with Crippen molar-refractivity contribution in [3.8, 4) is 11.5 Å². The molecule has 0 radical (unpaired) electrons. The Morgan fingerprint density at radius 2 is 1.73 bits per heavy atom. The fraction of sp³-hybridized carbons (Fsp3) is 0.333. The number of phenols is 1. The molecule has 1 saturated heterocycles. The van der Waals surface area contributed by atoms with Crippen molar-refractivity contribution >= 4 is 0 Å². The minimum absolute atomic E-state index is 0.195. The Morgan fingerprint density at radius 1 is 1.05 bits per heavy atom. The van der Waals surface area contributed by atoms with Gasteiger partial charge in [0.1, 0.15) is 17.7 Å². The summed E-state index contributed by atoms with van der Waals surface area (Å²) in [6.07, 6.45) is -0.825. The van der Waals surface area contributed by atoms with Crippen molar-refractivity contribution < 1.29 is 19.0 Å². The van der Waals surface area contributed by atoms with Crippen LogP contribution in [0.25, 0.3) is 0 Å². The third kappa shape index (κ3) is 3.22. The van der Waals surface area contributed by atoms with Gasteiger partial charge in [-0.2, -0.15) is 0 Å². The number of benzene rings is 2. The molecule has 0 bridgehead atoms. The van der Waals surface area contributed by atoms with Gasteiger partial charge in [-0.3, -0.25) is 0 Å². The highest BCUT2D eigenvalue weighted by Gasteiger charge is 2.31. The number of ether oxygens (including phenoxy) is 2. The van der Waals surface area contributed by atoms with E-state index in [4.69, 9.17) is 9.47 Å². The predicted molar refractivity (Wildman–Crippen MR) is 81.8 cm³/mol. The lowest BCUT2D eigenvalue weighted by atomic mass is 9.93. The van der Waals surface area contributed by atoms with E-state index in [2.05, 4.69) is 0 Å². The zero-order chi connectivity index (χ0) is 15.5. The molecule has 4 heteroatoms. The van der Waals surface area contributed by atoms with E-state index in [1.165, 1.54) is 0 Å². The molecule has 1 aliphatic heterocycles. The Bertz CT molecular complexity index is 626. The molecule has 3 nitrogen and oxygen atoms in total. The molecule has 3 rings (SSSR count). The van der Waals surface area contributed by atoms with Gasteiger partial charge in [-0.1, -0.05) is 24.3 Å². The first-order chi connectivity index (χ1) is 10.7. The van der Waals surface area contributed by atoms with Gasteiger partial charge in [0.25, 0.3) is 0 Å². The van der Waals surface area contributed by atoms with Crippen molar-refractivity contribution in [2.24, 2.45) is 0 Å². The fourth-order valence-electron chi connectivity index (χ4n) is 2.83. The van der Waals surface area contributed by atoms with Crippen LogP contribution in [0, 0.1) is 0 Å². The van der Waals surface area contributed by atoms with E-state index in [1.807, 2.05) is 24.3 Å². The van der Waals surface area contributed by atoms with Crippen LogP contribution in [0.3, 0.4) is 0 Å². The highest BCUT2D eigenvalue weighted by Crippen LogP contribution is 2.40. The summed E-state index contributed by atoms with van der Waals surface area (Å²) in [6.45, 7) is 0. The Labute approximate surface area is 129 Å². The molecule has 0 spiro atoms. The molecule has 2 aromatic rings. The zero-order valence-electron chi connectivity index (χ0n) is 12.4. The molecule has 0 saturated carbocycles. The van der Waals surface area contributed by atoms with Crippen molar-refractivity contribution in [3.63, 3.8) is 0 Å². The van der Waals surface area contributed by atoms with Gasteiger partial charge in [-0.15, -0.1) is 0 Å². The molecule has 0 aliphatic carbocycles. The van der Waals surface area contributed by atoms with Crippen LogP contribution in [-0.4, -0.2) is 18.4 Å². The van der Waals surface area contributed by atoms with Crippen LogP contribution in [0.5, 0.6) is 11.5 Å². The average molecular weight is 302 g/mol. The Kier molecular flexibility index (Phi) is 4.29. The summed E-state index contributed by atoms with van der Waals surface area (Å²) in [5.74, 6) is 0.934. The topological polar surface area (TPSA) is 38.7 Å². The minimum atomic E-state index is -0.913. The summed E-state index contributed by atoms with van der Waals surface area (Å²) in [5, 5.41) is 9.37. The first kappa shape index (κ1) is 14.9. The molecular weight excluding hydrogens is 283 g/mol. The number of rotatable bonds is 3. The molecule has 1 heterocycles. The van der Waals surface area contributed by atoms with Gasteiger partial charge >= 0.3 is 0 Å². The quantitative estimate of drug-likeness (QED) is 0.917. The van der Waals surface area contributed by atoms with Crippen LogP contribution in [0.15, 0.2) is 48.5 Å². The zero-order valence-corrected chi connectivity index (χ0v) is 12.4. The molecule has 1 N–H and O–H groups in total. The van der Waals surface area contributed by atoms with Crippen molar-refractivity contribution in [1.29, 1.82) is 0 Å². The molecule has 3 atom stereocenters. The third-order valence-corrected chi connectivity index (χ3v) is 4.00. The van der Waals surface area contributed by atoms with Crippen LogP contribution >= 0.6 is 0 Å². The molecule has 0 aromatic heterocycles. The molecule has 1 aliphatic rings. The second-order valence-electron chi connectivity index (χ2n) is 5.55. The standard InChI is InChI=1S/C18H19FO3/c1-21-16-4-2-3-13(9-16)18-11-14(19)10-17(22-18)12-5-7-15(20)8-6-12/h2-9,14,17-18,20H,10-11H2,1H3/t14-,17-,18+/m1/s1. The van der Waals surface area contributed by atoms with E-state index in [-0.39, 0.29) is 18.0 Å². The van der Waals surface area contributed by atoms with E-state index >= 15 is 0 Å². The molecule has 0 unspecified atom stereocenters. The number of hydrogen-bond acceptors (Lipinski definition) is 3. The summed E-state index contributed by atoms with van der Waals surface area (Å²) in [5.41, 5.74) is 1.80. The van der Waals surface area contributed by atoms with E-state index in [9.17, 15) is 9.50 Å². The van der Waals surface area contributed by atoms with Gasteiger partial charge in [0.2, 0.25) is 0 Å².